The van der Waals surface area contributed by atoms with Gasteiger partial charge in [-0.15, -0.1) is 0 Å². The number of para-hydroxylation sites is 1. The van der Waals surface area contributed by atoms with Crippen molar-refractivity contribution < 1.29 is 13.2 Å². The van der Waals surface area contributed by atoms with Crippen molar-refractivity contribution in [2.75, 3.05) is 18.9 Å². The summed E-state index contributed by atoms with van der Waals surface area (Å²) in [6.45, 7) is 5.01. The zero-order chi connectivity index (χ0) is 14.6. The van der Waals surface area contributed by atoms with Gasteiger partial charge in [-0.05, 0) is 25.5 Å². The first-order valence-electron chi connectivity index (χ1n) is 7.26. The fourth-order valence-electron chi connectivity index (χ4n) is 2.63. The molecular weight excluding hydrogens is 274 g/mol. The predicted molar refractivity (Wildman–Crippen MR) is 80.8 cm³/mol. The molecule has 0 aromatic heterocycles. The summed E-state index contributed by atoms with van der Waals surface area (Å²) in [5.41, 5.74) is 0.955. The molecule has 20 heavy (non-hydrogen) atoms. The first kappa shape index (κ1) is 15.3. The summed E-state index contributed by atoms with van der Waals surface area (Å²) in [7, 11) is -3.14. The minimum Gasteiger partial charge on any atom is -0.492 e. The number of hydrogen-bond donors (Lipinski definition) is 1. The Balaban J connectivity index is 2.34. The highest BCUT2D eigenvalue weighted by Crippen LogP contribution is 2.35. The van der Waals surface area contributed by atoms with E-state index in [2.05, 4.69) is 12.2 Å². The van der Waals surface area contributed by atoms with Crippen LogP contribution in [-0.4, -0.2) is 32.6 Å². The second kappa shape index (κ2) is 6.59. The van der Waals surface area contributed by atoms with Crippen molar-refractivity contribution in [1.29, 1.82) is 0 Å². The van der Waals surface area contributed by atoms with Crippen LogP contribution in [-0.2, 0) is 9.84 Å². The second-order valence-corrected chi connectivity index (χ2v) is 7.53. The Morgan fingerprint density at radius 1 is 1.25 bits per heavy atom. The molecule has 2 unspecified atom stereocenters. The van der Waals surface area contributed by atoms with Gasteiger partial charge in [0.25, 0.3) is 0 Å². The van der Waals surface area contributed by atoms with E-state index in [1.807, 2.05) is 31.2 Å². The van der Waals surface area contributed by atoms with E-state index in [0.717, 1.165) is 24.3 Å². The average molecular weight is 297 g/mol. The first-order valence-corrected chi connectivity index (χ1v) is 8.98. The fraction of sp³-hybridized carbons (Fsp3) is 0.600. The maximum absolute atomic E-state index is 12.4. The molecule has 2 rings (SSSR count). The van der Waals surface area contributed by atoms with Crippen LogP contribution in [0.3, 0.4) is 0 Å². The minimum atomic E-state index is -3.14. The summed E-state index contributed by atoms with van der Waals surface area (Å²) < 4.78 is 30.6. The fourth-order valence-corrected chi connectivity index (χ4v) is 4.43. The number of rotatable bonds is 6. The lowest BCUT2D eigenvalue weighted by Gasteiger charge is -2.33. The minimum absolute atomic E-state index is 0.170. The summed E-state index contributed by atoms with van der Waals surface area (Å²) in [5, 5.41) is 2.89. The molecule has 5 heteroatoms. The Kier molecular flexibility index (Phi) is 5.05. The molecule has 4 nitrogen and oxygen atoms in total. The smallest absolute Gasteiger partial charge is 0.158 e. The highest BCUT2D eigenvalue weighted by Gasteiger charge is 2.38. The third kappa shape index (κ3) is 3.15. The molecule has 2 atom stereocenters. The summed E-state index contributed by atoms with van der Waals surface area (Å²) in [5.74, 6) is 1.01. The number of ether oxygens (including phenoxy) is 1. The molecule has 0 bridgehead atoms. The second-order valence-electron chi connectivity index (χ2n) is 5.19. The van der Waals surface area contributed by atoms with E-state index < -0.39 is 15.1 Å². The predicted octanol–water partition coefficient (Wildman–Crippen LogP) is 2.31. The molecule has 1 aliphatic heterocycles. The van der Waals surface area contributed by atoms with E-state index in [1.165, 1.54) is 0 Å². The van der Waals surface area contributed by atoms with Crippen LogP contribution in [0.15, 0.2) is 24.3 Å². The van der Waals surface area contributed by atoms with Gasteiger partial charge < -0.3 is 10.1 Å². The van der Waals surface area contributed by atoms with Gasteiger partial charge in [0.2, 0.25) is 0 Å². The lowest BCUT2D eigenvalue weighted by molar-refractivity contribution is 0.254. The van der Waals surface area contributed by atoms with E-state index in [9.17, 15) is 8.42 Å². The van der Waals surface area contributed by atoms with Crippen molar-refractivity contribution >= 4 is 9.84 Å². The van der Waals surface area contributed by atoms with Gasteiger partial charge in [0.1, 0.15) is 17.6 Å². The third-order valence-corrected chi connectivity index (χ3v) is 5.90. The summed E-state index contributed by atoms with van der Waals surface area (Å²) >= 11 is 0. The van der Waals surface area contributed by atoms with Gasteiger partial charge in [-0.3, -0.25) is 0 Å². The zero-order valence-electron chi connectivity index (χ0n) is 12.1. The Labute approximate surface area is 121 Å². The van der Waals surface area contributed by atoms with E-state index in [4.69, 9.17) is 4.74 Å². The molecule has 0 radical (unpaired) electrons. The van der Waals surface area contributed by atoms with Gasteiger partial charge in [-0.25, -0.2) is 8.42 Å². The van der Waals surface area contributed by atoms with Crippen LogP contribution in [0.25, 0.3) is 0 Å². The Morgan fingerprint density at radius 2 is 2.00 bits per heavy atom. The molecule has 1 aromatic carbocycles. The van der Waals surface area contributed by atoms with Gasteiger partial charge in [0, 0.05) is 5.56 Å². The van der Waals surface area contributed by atoms with Crippen molar-refractivity contribution in [2.45, 2.75) is 38.0 Å². The quantitative estimate of drug-likeness (QED) is 0.875. The first-order chi connectivity index (χ1) is 9.60. The highest BCUT2D eigenvalue weighted by atomic mass is 32.2. The molecule has 0 aliphatic carbocycles. The van der Waals surface area contributed by atoms with Gasteiger partial charge in [-0.2, -0.15) is 0 Å². The van der Waals surface area contributed by atoms with E-state index in [1.54, 1.807) is 0 Å². The van der Waals surface area contributed by atoms with Crippen LogP contribution in [0.5, 0.6) is 5.75 Å². The van der Waals surface area contributed by atoms with Crippen LogP contribution in [0.4, 0.5) is 0 Å². The molecule has 112 valence electrons. The highest BCUT2D eigenvalue weighted by molar-refractivity contribution is 7.92. The summed E-state index contributed by atoms with van der Waals surface area (Å²) in [6, 6.07) is 7.53. The van der Waals surface area contributed by atoms with E-state index in [0.29, 0.717) is 6.42 Å². The van der Waals surface area contributed by atoms with Crippen molar-refractivity contribution in [1.82, 2.24) is 5.32 Å². The molecule has 0 amide bonds. The Bertz CT molecular complexity index is 542. The lowest BCUT2D eigenvalue weighted by Crippen LogP contribution is -2.45. The van der Waals surface area contributed by atoms with Crippen molar-refractivity contribution in [3.05, 3.63) is 29.8 Å². The maximum Gasteiger partial charge on any atom is 0.158 e. The molecule has 0 saturated carbocycles. The monoisotopic (exact) mass is 297 g/mol. The van der Waals surface area contributed by atoms with Crippen molar-refractivity contribution in [2.24, 2.45) is 0 Å². The lowest BCUT2D eigenvalue weighted by atomic mass is 10.00. The molecule has 0 saturated heterocycles. The topological polar surface area (TPSA) is 55.4 Å². The number of fused-ring (bicyclic) bond motifs is 1. The Morgan fingerprint density at radius 3 is 2.70 bits per heavy atom. The molecule has 1 heterocycles. The molecule has 1 N–H and O–H groups in total. The number of hydrogen-bond acceptors (Lipinski definition) is 4. The molecule has 1 aromatic rings. The summed E-state index contributed by atoms with van der Waals surface area (Å²) in [4.78, 5) is 0. The van der Waals surface area contributed by atoms with Gasteiger partial charge >= 0.3 is 0 Å². The SMILES string of the molecule is CCCNC1c2ccccc2OCC1S(=O)(=O)CCC. The van der Waals surface area contributed by atoms with Crippen molar-refractivity contribution in [3.63, 3.8) is 0 Å². The van der Waals surface area contributed by atoms with Gasteiger partial charge in [0.15, 0.2) is 9.84 Å². The largest absolute Gasteiger partial charge is 0.492 e. The number of benzene rings is 1. The van der Waals surface area contributed by atoms with Crippen LogP contribution in [0.1, 0.15) is 38.3 Å². The van der Waals surface area contributed by atoms with Crippen LogP contribution in [0.2, 0.25) is 0 Å². The zero-order valence-corrected chi connectivity index (χ0v) is 12.9. The van der Waals surface area contributed by atoms with Crippen molar-refractivity contribution in [3.8, 4) is 5.75 Å². The number of nitrogens with one attached hydrogen (secondary N) is 1. The van der Waals surface area contributed by atoms with Gasteiger partial charge in [-0.1, -0.05) is 32.0 Å². The van der Waals surface area contributed by atoms with Crippen LogP contribution >= 0.6 is 0 Å². The Hall–Kier alpha value is -1.07. The van der Waals surface area contributed by atoms with Crippen LogP contribution < -0.4 is 10.1 Å². The molecular formula is C15H23NO3S. The van der Waals surface area contributed by atoms with E-state index in [-0.39, 0.29) is 18.4 Å². The normalized spacial score (nSPS) is 22.1. The molecule has 1 aliphatic rings. The standard InChI is InChI=1S/C15H23NO3S/c1-3-9-16-15-12-7-5-6-8-13(12)19-11-14(15)20(17,18)10-4-2/h5-8,14-16H,3-4,9-11H2,1-2H3. The maximum atomic E-state index is 12.4. The van der Waals surface area contributed by atoms with Crippen LogP contribution in [0, 0.1) is 0 Å². The molecule has 0 fully saturated rings. The van der Waals surface area contributed by atoms with E-state index >= 15 is 0 Å². The number of sulfone groups is 1. The summed E-state index contributed by atoms with van der Waals surface area (Å²) in [6.07, 6.45) is 1.61. The average Bonchev–Trinajstić information content (AvgIpc) is 2.44. The van der Waals surface area contributed by atoms with Gasteiger partial charge in [0.05, 0.1) is 11.8 Å². The molecule has 0 spiro atoms. The third-order valence-electron chi connectivity index (χ3n) is 3.59.